The second kappa shape index (κ2) is 11.1. The molecule has 0 saturated carbocycles. The lowest BCUT2D eigenvalue weighted by molar-refractivity contribution is -0.307. The molecule has 2 amide bonds. The summed E-state index contributed by atoms with van der Waals surface area (Å²) in [6.07, 6.45) is 1.31. The molecule has 0 aromatic heterocycles. The van der Waals surface area contributed by atoms with Crippen LogP contribution in [0.5, 0.6) is 11.5 Å². The number of hydrogen-bond donors (Lipinski definition) is 2. The van der Waals surface area contributed by atoms with Crippen molar-refractivity contribution < 1.29 is 29.0 Å². The molecule has 2 rings (SSSR count). The Balaban J connectivity index is 1.90. The van der Waals surface area contributed by atoms with Crippen LogP contribution < -0.4 is 25.3 Å². The fourth-order valence-electron chi connectivity index (χ4n) is 2.20. The van der Waals surface area contributed by atoms with Crippen molar-refractivity contribution in [1.29, 1.82) is 0 Å². The normalized spacial score (nSPS) is 10.4. The molecule has 0 aliphatic heterocycles. The molecular formula is C20H20N3O6-. The number of carbonyl (C=O) groups excluding carboxylic acids is 3. The van der Waals surface area contributed by atoms with Gasteiger partial charge in [-0.2, -0.15) is 5.10 Å². The molecule has 152 valence electrons. The molecule has 0 fully saturated rings. The third-order valence-corrected chi connectivity index (χ3v) is 3.49. The predicted octanol–water partition coefficient (Wildman–Crippen LogP) is -0.0195. The summed E-state index contributed by atoms with van der Waals surface area (Å²) in [6.45, 7) is 1.71. The summed E-state index contributed by atoms with van der Waals surface area (Å²) in [5.74, 6) is -2.53. The highest BCUT2D eigenvalue weighted by atomic mass is 16.5. The third-order valence-electron chi connectivity index (χ3n) is 3.49. The van der Waals surface area contributed by atoms with E-state index in [0.29, 0.717) is 17.9 Å². The molecule has 2 aromatic carbocycles. The molecule has 29 heavy (non-hydrogen) atoms. The fourth-order valence-corrected chi connectivity index (χ4v) is 2.20. The molecule has 0 radical (unpaired) electrons. The van der Waals surface area contributed by atoms with Gasteiger partial charge in [-0.25, -0.2) is 5.43 Å². The minimum Gasteiger partial charge on any atom is -0.546 e. The highest BCUT2D eigenvalue weighted by Gasteiger charge is 2.12. The van der Waals surface area contributed by atoms with Crippen LogP contribution >= 0.6 is 0 Å². The first-order chi connectivity index (χ1) is 14.0. The first kappa shape index (κ1) is 21.4. The van der Waals surface area contributed by atoms with Gasteiger partial charge in [0, 0.05) is 6.54 Å². The fraction of sp³-hybridized carbons (Fsp3) is 0.200. The van der Waals surface area contributed by atoms with Crippen molar-refractivity contribution in [2.75, 3.05) is 13.2 Å². The van der Waals surface area contributed by atoms with Crippen molar-refractivity contribution in [3.8, 4) is 11.5 Å². The summed E-state index contributed by atoms with van der Waals surface area (Å²) >= 11 is 0. The number of rotatable bonds is 9. The summed E-state index contributed by atoms with van der Waals surface area (Å²) in [5, 5.41) is 16.8. The highest BCUT2D eigenvalue weighted by molar-refractivity contribution is 6.35. The lowest BCUT2D eigenvalue weighted by Crippen LogP contribution is -2.37. The quantitative estimate of drug-likeness (QED) is 0.347. The molecule has 0 spiro atoms. The standard InChI is InChI=1S/C20H21N3O6/c1-2-28-17-10-15(8-9-16(17)29-13-18(24)25)12-22-23-20(27)19(26)21-11-14-6-4-3-5-7-14/h3-10,12H,2,11,13H2,1H3,(H,21,26)(H,23,27)(H,24,25)/p-1/b22-12-. The van der Waals surface area contributed by atoms with E-state index in [1.807, 2.05) is 30.3 Å². The van der Waals surface area contributed by atoms with Gasteiger partial charge in [0.05, 0.1) is 18.8 Å². The van der Waals surface area contributed by atoms with Crippen molar-refractivity contribution in [2.45, 2.75) is 13.5 Å². The number of hydrogen-bond acceptors (Lipinski definition) is 7. The number of carbonyl (C=O) groups is 3. The van der Waals surface area contributed by atoms with Gasteiger partial charge >= 0.3 is 11.8 Å². The number of aliphatic carboxylic acids is 1. The van der Waals surface area contributed by atoms with Crippen LogP contribution in [0.25, 0.3) is 0 Å². The van der Waals surface area contributed by atoms with E-state index in [2.05, 4.69) is 15.8 Å². The van der Waals surface area contributed by atoms with Gasteiger partial charge in [0.1, 0.15) is 6.61 Å². The molecule has 0 unspecified atom stereocenters. The zero-order valence-electron chi connectivity index (χ0n) is 15.7. The Kier molecular flexibility index (Phi) is 8.18. The van der Waals surface area contributed by atoms with E-state index in [4.69, 9.17) is 9.47 Å². The van der Waals surface area contributed by atoms with Crippen LogP contribution in [0.2, 0.25) is 0 Å². The monoisotopic (exact) mass is 398 g/mol. The number of nitrogens with one attached hydrogen (secondary N) is 2. The zero-order chi connectivity index (χ0) is 21.1. The van der Waals surface area contributed by atoms with E-state index < -0.39 is 24.4 Å². The lowest BCUT2D eigenvalue weighted by atomic mass is 10.2. The van der Waals surface area contributed by atoms with Crippen LogP contribution in [0.4, 0.5) is 0 Å². The van der Waals surface area contributed by atoms with E-state index in [1.165, 1.54) is 12.3 Å². The molecule has 0 atom stereocenters. The van der Waals surface area contributed by atoms with Gasteiger partial charge < -0.3 is 24.7 Å². The van der Waals surface area contributed by atoms with Crippen LogP contribution in [0, 0.1) is 0 Å². The van der Waals surface area contributed by atoms with Crippen molar-refractivity contribution in [3.63, 3.8) is 0 Å². The Labute approximate surface area is 167 Å². The number of amides is 2. The minimum absolute atomic E-state index is 0.224. The maximum atomic E-state index is 11.8. The summed E-state index contributed by atoms with van der Waals surface area (Å²) in [6, 6.07) is 13.8. The second-order valence-electron chi connectivity index (χ2n) is 5.67. The second-order valence-corrected chi connectivity index (χ2v) is 5.67. The van der Waals surface area contributed by atoms with Gasteiger partial charge in [0.2, 0.25) is 0 Å². The largest absolute Gasteiger partial charge is 0.546 e. The molecule has 2 N–H and O–H groups in total. The zero-order valence-corrected chi connectivity index (χ0v) is 15.7. The minimum atomic E-state index is -1.36. The molecule has 0 saturated heterocycles. The maximum absolute atomic E-state index is 11.8. The van der Waals surface area contributed by atoms with Gasteiger partial charge in [0.15, 0.2) is 11.5 Å². The average Bonchev–Trinajstić information content (AvgIpc) is 2.72. The molecule has 9 nitrogen and oxygen atoms in total. The number of nitrogens with zero attached hydrogens (tertiary/aromatic N) is 1. The van der Waals surface area contributed by atoms with Crippen LogP contribution in [-0.2, 0) is 20.9 Å². The van der Waals surface area contributed by atoms with Crippen molar-refractivity contribution in [1.82, 2.24) is 10.7 Å². The van der Waals surface area contributed by atoms with Crippen LogP contribution in [-0.4, -0.2) is 37.2 Å². The van der Waals surface area contributed by atoms with E-state index in [0.717, 1.165) is 5.56 Å². The molecule has 9 heteroatoms. The van der Waals surface area contributed by atoms with Gasteiger partial charge in [-0.1, -0.05) is 30.3 Å². The Morgan fingerprint density at radius 1 is 1.03 bits per heavy atom. The highest BCUT2D eigenvalue weighted by Crippen LogP contribution is 2.27. The summed E-state index contributed by atoms with van der Waals surface area (Å²) < 4.78 is 10.5. The number of hydrazone groups is 1. The Morgan fingerprint density at radius 2 is 1.79 bits per heavy atom. The number of carboxylic acid groups (broad SMARTS) is 1. The molecule has 0 bridgehead atoms. The van der Waals surface area contributed by atoms with Crippen molar-refractivity contribution >= 4 is 24.0 Å². The van der Waals surface area contributed by atoms with Gasteiger partial charge in [-0.05, 0) is 36.2 Å². The topological polar surface area (TPSA) is 129 Å². The van der Waals surface area contributed by atoms with E-state index >= 15 is 0 Å². The van der Waals surface area contributed by atoms with Gasteiger partial charge in [-0.15, -0.1) is 0 Å². The first-order valence-corrected chi connectivity index (χ1v) is 8.74. The lowest BCUT2D eigenvalue weighted by Gasteiger charge is -2.12. The maximum Gasteiger partial charge on any atom is 0.329 e. The van der Waals surface area contributed by atoms with E-state index in [9.17, 15) is 19.5 Å². The van der Waals surface area contributed by atoms with E-state index in [-0.39, 0.29) is 12.3 Å². The summed E-state index contributed by atoms with van der Waals surface area (Å²) in [5.41, 5.74) is 3.54. The van der Waals surface area contributed by atoms with Crippen LogP contribution in [0.3, 0.4) is 0 Å². The molecule has 0 aliphatic carbocycles. The summed E-state index contributed by atoms with van der Waals surface area (Å²) in [4.78, 5) is 34.1. The molecular weight excluding hydrogens is 378 g/mol. The molecule has 0 heterocycles. The number of ether oxygens (including phenoxy) is 2. The Morgan fingerprint density at radius 3 is 2.48 bits per heavy atom. The number of benzene rings is 2. The first-order valence-electron chi connectivity index (χ1n) is 8.74. The smallest absolute Gasteiger partial charge is 0.329 e. The van der Waals surface area contributed by atoms with Crippen molar-refractivity contribution in [2.24, 2.45) is 5.10 Å². The predicted molar refractivity (Wildman–Crippen MR) is 102 cm³/mol. The van der Waals surface area contributed by atoms with E-state index in [1.54, 1.807) is 19.1 Å². The van der Waals surface area contributed by atoms with Gasteiger partial charge in [-0.3, -0.25) is 9.59 Å². The van der Waals surface area contributed by atoms with Crippen LogP contribution in [0.1, 0.15) is 18.1 Å². The number of carboxylic acids is 1. The molecule has 0 aliphatic rings. The Hall–Kier alpha value is -3.88. The third kappa shape index (κ3) is 7.33. The van der Waals surface area contributed by atoms with Crippen LogP contribution in [0.15, 0.2) is 53.6 Å². The molecule has 2 aromatic rings. The van der Waals surface area contributed by atoms with Crippen molar-refractivity contribution in [3.05, 3.63) is 59.7 Å². The SMILES string of the molecule is CCOc1cc(/C=N\NC(=O)C(=O)NCc2ccccc2)ccc1OCC(=O)[O-]. The Bertz CT molecular complexity index is 883. The average molecular weight is 398 g/mol. The van der Waals surface area contributed by atoms with Gasteiger partial charge in [0.25, 0.3) is 0 Å². The summed E-state index contributed by atoms with van der Waals surface area (Å²) in [7, 11) is 0.